The van der Waals surface area contributed by atoms with Gasteiger partial charge in [-0.25, -0.2) is 0 Å². The molecule has 6 heavy (non-hydrogen) atoms. The quantitative estimate of drug-likeness (QED) is 0.331. The van der Waals surface area contributed by atoms with E-state index in [1.165, 1.54) is 0 Å². The van der Waals surface area contributed by atoms with E-state index < -0.39 is 0 Å². The Morgan fingerprint density at radius 3 is 1.33 bits per heavy atom. The van der Waals surface area contributed by atoms with Gasteiger partial charge in [-0.1, -0.05) is 13.8 Å². The van der Waals surface area contributed by atoms with Crippen LogP contribution in [-0.4, -0.2) is 0 Å². The summed E-state index contributed by atoms with van der Waals surface area (Å²) in [5.41, 5.74) is 0. The van der Waals surface area contributed by atoms with Gasteiger partial charge in [-0.05, 0) is 0 Å². The second-order valence-corrected chi connectivity index (χ2v) is 1.39. The molecule has 2 heteroatoms. The normalized spacial score (nSPS) is 6.00. The van der Waals surface area contributed by atoms with Crippen molar-refractivity contribution >= 4 is 0 Å². The monoisotopic (exact) mass is 200 g/mol. The molecule has 0 aromatic rings. The molecule has 0 nitrogen and oxygen atoms in total. The summed E-state index contributed by atoms with van der Waals surface area (Å²) in [6, 6.07) is 0. The van der Waals surface area contributed by atoms with Crippen molar-refractivity contribution in [2.75, 3.05) is 0 Å². The summed E-state index contributed by atoms with van der Waals surface area (Å²) in [5.74, 6) is 0.583. The minimum absolute atomic E-state index is 0. The van der Waals surface area contributed by atoms with E-state index >= 15 is 0 Å². The molecule has 0 saturated carbocycles. The van der Waals surface area contributed by atoms with E-state index in [1.54, 1.807) is 0 Å². The van der Waals surface area contributed by atoms with Crippen molar-refractivity contribution < 1.29 is 36.5 Å². The van der Waals surface area contributed by atoms with Gasteiger partial charge in [0.1, 0.15) is 0 Å². The van der Waals surface area contributed by atoms with Crippen LogP contribution in [0.15, 0.2) is 0 Å². The van der Waals surface area contributed by atoms with Crippen LogP contribution in [0.1, 0.15) is 13.8 Å². The fourth-order valence-corrected chi connectivity index (χ4v) is 0. The molecule has 0 rings (SSSR count). The summed E-state index contributed by atoms with van der Waals surface area (Å²) in [5, 5.41) is 0. The van der Waals surface area contributed by atoms with E-state index in [-0.39, 0.29) is 36.5 Å². The van der Waals surface area contributed by atoms with Gasteiger partial charge in [0.15, 0.2) is 0 Å². The second-order valence-electron chi connectivity index (χ2n) is 1.39. The van der Waals surface area contributed by atoms with Crippen LogP contribution in [0.5, 0.6) is 0 Å². The predicted molar refractivity (Wildman–Crippen MR) is 20.2 cm³/mol. The van der Waals surface area contributed by atoms with Gasteiger partial charge in [-0.2, -0.15) is 5.92 Å². The number of rotatable bonds is 0. The molecule has 0 bridgehead atoms. The van der Waals surface area contributed by atoms with Crippen molar-refractivity contribution in [3.63, 3.8) is 0 Å². The van der Waals surface area contributed by atoms with Gasteiger partial charge in [0, 0.05) is 0 Å². The maximum Gasteiger partial charge on any atom is 2.00 e. The molecular weight excluding hydrogens is 193 g/mol. The SMILES string of the molecule is [Br-].[CH2-]C(C)C.[Zn+2]. The Labute approximate surface area is 63.2 Å². The minimum atomic E-state index is 0. The van der Waals surface area contributed by atoms with Gasteiger partial charge < -0.3 is 23.9 Å². The smallest absolute Gasteiger partial charge is 1.00 e. The molecule has 0 amide bonds. The molecule has 0 saturated heterocycles. The molecule has 0 heterocycles. The summed E-state index contributed by atoms with van der Waals surface area (Å²) >= 11 is 0. The summed E-state index contributed by atoms with van der Waals surface area (Å²) in [6.07, 6.45) is 0. The Kier molecular flexibility index (Phi) is 24.7. The van der Waals surface area contributed by atoms with Crippen LogP contribution in [0, 0.1) is 12.8 Å². The van der Waals surface area contributed by atoms with Crippen LogP contribution in [0.3, 0.4) is 0 Å². The molecule has 0 aromatic heterocycles. The van der Waals surface area contributed by atoms with E-state index in [4.69, 9.17) is 0 Å². The van der Waals surface area contributed by atoms with E-state index in [9.17, 15) is 0 Å². The average molecular weight is 202 g/mol. The van der Waals surface area contributed by atoms with Crippen molar-refractivity contribution in [1.29, 1.82) is 0 Å². The third-order valence-corrected chi connectivity index (χ3v) is 0. The molecule has 0 radical (unpaired) electrons. The van der Waals surface area contributed by atoms with Crippen LogP contribution >= 0.6 is 0 Å². The van der Waals surface area contributed by atoms with Crippen molar-refractivity contribution in [3.8, 4) is 0 Å². The first-order chi connectivity index (χ1) is 1.73. The molecule has 34 valence electrons. The van der Waals surface area contributed by atoms with E-state index in [2.05, 4.69) is 20.8 Å². The molecule has 0 atom stereocenters. The van der Waals surface area contributed by atoms with Crippen molar-refractivity contribution in [2.45, 2.75) is 13.8 Å². The van der Waals surface area contributed by atoms with Crippen LogP contribution in [-0.2, 0) is 19.5 Å². The van der Waals surface area contributed by atoms with Crippen molar-refractivity contribution in [3.05, 3.63) is 6.92 Å². The van der Waals surface area contributed by atoms with Crippen molar-refractivity contribution in [2.24, 2.45) is 5.92 Å². The predicted octanol–water partition coefficient (Wildman–Crippen LogP) is -1.52. The van der Waals surface area contributed by atoms with Crippen LogP contribution in [0.4, 0.5) is 0 Å². The first-order valence-corrected chi connectivity index (χ1v) is 1.56. The fourth-order valence-electron chi connectivity index (χ4n) is 0. The topological polar surface area (TPSA) is 0 Å². The van der Waals surface area contributed by atoms with Crippen molar-refractivity contribution in [1.82, 2.24) is 0 Å². The first kappa shape index (κ1) is 15.7. The molecule has 0 N–H and O–H groups in total. The van der Waals surface area contributed by atoms with Gasteiger partial charge in [0.2, 0.25) is 0 Å². The summed E-state index contributed by atoms with van der Waals surface area (Å²) in [6.45, 7) is 7.75. The Bertz CT molecular complexity index is 12.3. The summed E-state index contributed by atoms with van der Waals surface area (Å²) in [4.78, 5) is 0. The van der Waals surface area contributed by atoms with Gasteiger partial charge in [-0.3, -0.25) is 0 Å². The number of hydrogen-bond acceptors (Lipinski definition) is 0. The third kappa shape index (κ3) is 70.6. The van der Waals surface area contributed by atoms with Gasteiger partial charge in [0.05, 0.1) is 0 Å². The summed E-state index contributed by atoms with van der Waals surface area (Å²) < 4.78 is 0. The van der Waals surface area contributed by atoms with Crippen LogP contribution in [0.25, 0.3) is 0 Å². The largest absolute Gasteiger partial charge is 2.00 e. The molecule has 0 aliphatic heterocycles. The van der Waals surface area contributed by atoms with E-state index in [0.717, 1.165) is 0 Å². The number of halogens is 1. The molecule has 0 fully saturated rings. The standard InChI is InChI=1S/C4H9.BrH.Zn/c1-4(2)3;;/h4H,1H2,2-3H3;1H;/q-1;;+2/p-1. The third-order valence-electron chi connectivity index (χ3n) is 0. The fraction of sp³-hybridized carbons (Fsp3) is 0.750. The minimum Gasteiger partial charge on any atom is -1.00 e. The Hall–Kier alpha value is 1.10. The Morgan fingerprint density at radius 2 is 1.33 bits per heavy atom. The summed E-state index contributed by atoms with van der Waals surface area (Å²) in [7, 11) is 0. The maximum atomic E-state index is 3.64. The Balaban J connectivity index is -0.0000000450. The zero-order valence-electron chi connectivity index (χ0n) is 4.37. The van der Waals surface area contributed by atoms with Crippen LogP contribution < -0.4 is 17.0 Å². The second kappa shape index (κ2) is 9.44. The number of hydrogen-bond donors (Lipinski definition) is 0. The zero-order chi connectivity index (χ0) is 3.58. The van der Waals surface area contributed by atoms with E-state index in [0.29, 0.717) is 5.92 Å². The molecule has 0 aliphatic rings. The van der Waals surface area contributed by atoms with Crippen LogP contribution in [0.2, 0.25) is 0 Å². The van der Waals surface area contributed by atoms with Gasteiger partial charge >= 0.3 is 19.5 Å². The Morgan fingerprint density at radius 1 is 1.33 bits per heavy atom. The maximum absolute atomic E-state index is 3.64. The first-order valence-electron chi connectivity index (χ1n) is 1.56. The van der Waals surface area contributed by atoms with Gasteiger partial charge in [0.25, 0.3) is 0 Å². The molecule has 0 aliphatic carbocycles. The zero-order valence-corrected chi connectivity index (χ0v) is 8.92. The molecule has 0 spiro atoms. The van der Waals surface area contributed by atoms with E-state index in [1.807, 2.05) is 0 Å². The average Bonchev–Trinajstić information content (AvgIpc) is 0.811. The molecule has 0 aromatic carbocycles. The molecule has 0 unspecified atom stereocenters. The van der Waals surface area contributed by atoms with Gasteiger partial charge in [-0.15, -0.1) is 0 Å². The molecular formula is C4H9BrZn.